The quantitative estimate of drug-likeness (QED) is 0.229. The molecule has 0 atom stereocenters. The van der Waals surface area contributed by atoms with E-state index in [4.69, 9.17) is 10.5 Å². The van der Waals surface area contributed by atoms with E-state index in [2.05, 4.69) is 9.97 Å². The van der Waals surface area contributed by atoms with Crippen LogP contribution in [0.2, 0.25) is 0 Å². The second-order valence-electron chi connectivity index (χ2n) is 9.90. The van der Waals surface area contributed by atoms with Crippen molar-refractivity contribution in [1.82, 2.24) is 19.8 Å². The van der Waals surface area contributed by atoms with E-state index in [1.807, 2.05) is 86.6 Å². The van der Waals surface area contributed by atoms with E-state index < -0.39 is 23.7 Å². The summed E-state index contributed by atoms with van der Waals surface area (Å²) in [4.78, 5) is 58.7. The van der Waals surface area contributed by atoms with Gasteiger partial charge >= 0.3 is 23.7 Å². The molecular weight excluding hydrogens is 558 g/mol. The van der Waals surface area contributed by atoms with Gasteiger partial charge in [0.05, 0.1) is 31.1 Å². The molecule has 44 heavy (non-hydrogen) atoms. The molecular formula is C34H37N5O5. The summed E-state index contributed by atoms with van der Waals surface area (Å²) in [6, 6.07) is 26.4. The number of nitrogens with zero attached hydrogens (tertiary/aromatic N) is 4. The standard InChI is InChI=1S/C18H20N2O3.C16H17N3O2/c1-3-23-18(22)17(21)20(13-16-10-6-7-11-19-16)12-15-9-5-4-8-14(15)2;1-12-6-2-3-7-13(12)10-19(16(21)15(17)20)11-14-8-4-5-9-18-14/h4-11H,3,12-13H2,1-2H3;2-9H,10-11H2,1H3,(H2,17,20). The van der Waals surface area contributed by atoms with Crippen LogP contribution in [0.4, 0.5) is 0 Å². The lowest BCUT2D eigenvalue weighted by Crippen LogP contribution is -2.39. The average molecular weight is 596 g/mol. The number of hydrogen-bond acceptors (Lipinski definition) is 7. The smallest absolute Gasteiger partial charge is 0.397 e. The van der Waals surface area contributed by atoms with Gasteiger partial charge in [0.2, 0.25) is 0 Å². The highest BCUT2D eigenvalue weighted by atomic mass is 16.5. The second kappa shape index (κ2) is 16.9. The first kappa shape index (κ1) is 33.1. The van der Waals surface area contributed by atoms with Gasteiger partial charge in [-0.2, -0.15) is 0 Å². The van der Waals surface area contributed by atoms with Crippen LogP contribution in [0, 0.1) is 13.8 Å². The minimum absolute atomic E-state index is 0.173. The highest BCUT2D eigenvalue weighted by Gasteiger charge is 2.24. The van der Waals surface area contributed by atoms with E-state index in [0.717, 1.165) is 27.9 Å². The van der Waals surface area contributed by atoms with Gasteiger partial charge in [0.25, 0.3) is 0 Å². The van der Waals surface area contributed by atoms with Crippen LogP contribution in [0.5, 0.6) is 0 Å². The largest absolute Gasteiger partial charge is 0.459 e. The van der Waals surface area contributed by atoms with Gasteiger partial charge in [-0.05, 0) is 67.3 Å². The maximum atomic E-state index is 12.4. The van der Waals surface area contributed by atoms with Crippen molar-refractivity contribution in [2.75, 3.05) is 6.61 Å². The Morgan fingerprint density at radius 3 is 1.45 bits per heavy atom. The molecule has 4 rings (SSSR count). The number of rotatable bonds is 9. The number of ether oxygens (including phenoxy) is 1. The molecule has 0 fully saturated rings. The van der Waals surface area contributed by atoms with Gasteiger partial charge in [-0.15, -0.1) is 0 Å². The Kier molecular flexibility index (Phi) is 12.7. The first-order valence-corrected chi connectivity index (χ1v) is 14.1. The number of nitrogens with two attached hydrogens (primary N) is 1. The summed E-state index contributed by atoms with van der Waals surface area (Å²) in [5.74, 6) is -3.15. The number of amides is 3. The third-order valence-electron chi connectivity index (χ3n) is 6.64. The van der Waals surface area contributed by atoms with E-state index in [0.29, 0.717) is 18.8 Å². The van der Waals surface area contributed by atoms with Crippen molar-refractivity contribution >= 4 is 23.7 Å². The van der Waals surface area contributed by atoms with Crippen LogP contribution in [-0.4, -0.2) is 50.1 Å². The zero-order chi connectivity index (χ0) is 31.9. The first-order chi connectivity index (χ1) is 21.2. The highest BCUT2D eigenvalue weighted by molar-refractivity contribution is 6.34. The van der Waals surface area contributed by atoms with E-state index in [9.17, 15) is 19.2 Å². The maximum Gasteiger partial charge on any atom is 0.397 e. The van der Waals surface area contributed by atoms with E-state index in [1.165, 1.54) is 9.80 Å². The number of aromatic nitrogens is 2. The Morgan fingerprint density at radius 1 is 0.636 bits per heavy atom. The highest BCUT2D eigenvalue weighted by Crippen LogP contribution is 2.14. The Morgan fingerprint density at radius 2 is 1.07 bits per heavy atom. The molecule has 2 heterocycles. The molecule has 4 aromatic rings. The minimum Gasteiger partial charge on any atom is -0.459 e. The summed E-state index contributed by atoms with van der Waals surface area (Å²) in [5.41, 5.74) is 10.6. The Bertz CT molecular complexity index is 1550. The molecule has 10 nitrogen and oxygen atoms in total. The third kappa shape index (κ3) is 10.2. The van der Waals surface area contributed by atoms with E-state index in [-0.39, 0.29) is 19.7 Å². The third-order valence-corrected chi connectivity index (χ3v) is 6.64. The van der Waals surface area contributed by atoms with Crippen molar-refractivity contribution < 1.29 is 23.9 Å². The van der Waals surface area contributed by atoms with E-state index >= 15 is 0 Å². The van der Waals surface area contributed by atoms with Crippen LogP contribution in [0.3, 0.4) is 0 Å². The lowest BCUT2D eigenvalue weighted by molar-refractivity contribution is -0.160. The molecule has 3 amide bonds. The number of esters is 1. The molecule has 0 aliphatic heterocycles. The number of carbonyl (C=O) groups excluding carboxylic acids is 4. The topological polar surface area (TPSA) is 136 Å². The molecule has 0 radical (unpaired) electrons. The molecule has 0 spiro atoms. The van der Waals surface area contributed by atoms with Crippen molar-refractivity contribution in [2.45, 2.75) is 47.0 Å². The summed E-state index contributed by atoms with van der Waals surface area (Å²) in [7, 11) is 0. The summed E-state index contributed by atoms with van der Waals surface area (Å²) in [6.45, 7) is 6.95. The molecule has 0 saturated carbocycles. The fourth-order valence-electron chi connectivity index (χ4n) is 4.24. The normalized spacial score (nSPS) is 10.2. The fourth-order valence-corrected chi connectivity index (χ4v) is 4.24. The van der Waals surface area contributed by atoms with Crippen molar-refractivity contribution in [1.29, 1.82) is 0 Å². The zero-order valence-corrected chi connectivity index (χ0v) is 25.2. The molecule has 228 valence electrons. The number of primary amides is 1. The summed E-state index contributed by atoms with van der Waals surface area (Å²) >= 11 is 0. The molecule has 10 heteroatoms. The lowest BCUT2D eigenvalue weighted by Gasteiger charge is -2.22. The summed E-state index contributed by atoms with van der Waals surface area (Å²) in [6.07, 6.45) is 3.31. The monoisotopic (exact) mass is 595 g/mol. The van der Waals surface area contributed by atoms with Gasteiger partial charge in [-0.25, -0.2) is 4.79 Å². The molecule has 2 aromatic carbocycles. The lowest BCUT2D eigenvalue weighted by atomic mass is 10.1. The first-order valence-electron chi connectivity index (χ1n) is 14.1. The molecule has 2 N–H and O–H groups in total. The van der Waals surface area contributed by atoms with Crippen molar-refractivity contribution in [2.24, 2.45) is 5.73 Å². The SMILES string of the molecule is CCOC(=O)C(=O)N(Cc1ccccn1)Cc1ccccc1C.Cc1ccccc1CN(Cc1ccccn1)C(=O)C(N)=O. The predicted molar refractivity (Wildman–Crippen MR) is 165 cm³/mol. The van der Waals surface area contributed by atoms with Crippen LogP contribution in [0.1, 0.15) is 40.6 Å². The maximum absolute atomic E-state index is 12.4. The van der Waals surface area contributed by atoms with Crippen LogP contribution < -0.4 is 5.73 Å². The molecule has 0 bridgehead atoms. The van der Waals surface area contributed by atoms with Gasteiger partial charge in [0.15, 0.2) is 0 Å². The van der Waals surface area contributed by atoms with Crippen molar-refractivity contribution in [3.63, 3.8) is 0 Å². The Labute approximate surface area is 257 Å². The Balaban J connectivity index is 0.000000241. The van der Waals surface area contributed by atoms with Gasteiger partial charge in [0.1, 0.15) is 0 Å². The minimum atomic E-state index is -0.959. The van der Waals surface area contributed by atoms with Crippen molar-refractivity contribution in [3.8, 4) is 0 Å². The zero-order valence-electron chi connectivity index (χ0n) is 25.2. The Hall–Kier alpha value is -5.38. The second-order valence-corrected chi connectivity index (χ2v) is 9.90. The number of benzene rings is 2. The van der Waals surface area contributed by atoms with Gasteiger partial charge in [0, 0.05) is 25.5 Å². The van der Waals surface area contributed by atoms with Gasteiger partial charge in [-0.1, -0.05) is 60.7 Å². The molecule has 0 saturated heterocycles. The number of aryl methyl sites for hydroxylation is 2. The number of carbonyl (C=O) groups is 4. The number of pyridine rings is 2. The molecule has 0 aliphatic rings. The average Bonchev–Trinajstić information content (AvgIpc) is 3.03. The van der Waals surface area contributed by atoms with Crippen LogP contribution in [0.15, 0.2) is 97.3 Å². The molecule has 0 unspecified atom stereocenters. The summed E-state index contributed by atoms with van der Waals surface area (Å²) in [5, 5.41) is 0. The van der Waals surface area contributed by atoms with Crippen molar-refractivity contribution in [3.05, 3.63) is 131 Å². The van der Waals surface area contributed by atoms with Crippen LogP contribution >= 0.6 is 0 Å². The number of hydrogen-bond donors (Lipinski definition) is 1. The van der Waals surface area contributed by atoms with Crippen LogP contribution in [-0.2, 0) is 50.1 Å². The molecule has 2 aromatic heterocycles. The van der Waals surface area contributed by atoms with Gasteiger partial charge < -0.3 is 20.3 Å². The fraction of sp³-hybridized carbons (Fsp3) is 0.235. The van der Waals surface area contributed by atoms with Crippen LogP contribution in [0.25, 0.3) is 0 Å². The summed E-state index contributed by atoms with van der Waals surface area (Å²) < 4.78 is 4.84. The van der Waals surface area contributed by atoms with Gasteiger partial charge in [-0.3, -0.25) is 24.4 Å². The predicted octanol–water partition coefficient (Wildman–Crippen LogP) is 3.89. The van der Waals surface area contributed by atoms with E-state index in [1.54, 1.807) is 31.5 Å². The molecule has 0 aliphatic carbocycles.